The van der Waals surface area contributed by atoms with Crippen LogP contribution in [-0.2, 0) is 6.18 Å². The number of pyridine rings is 1. The minimum Gasteiger partial charge on any atom is -0.350 e. The van der Waals surface area contributed by atoms with Gasteiger partial charge in [0.1, 0.15) is 11.3 Å². The molecule has 1 fully saturated rings. The van der Waals surface area contributed by atoms with E-state index in [9.17, 15) is 22.8 Å². The van der Waals surface area contributed by atoms with Gasteiger partial charge in [-0.05, 0) is 36.3 Å². The van der Waals surface area contributed by atoms with Crippen molar-refractivity contribution >= 4 is 5.91 Å². The molecule has 0 radical (unpaired) electrons. The summed E-state index contributed by atoms with van der Waals surface area (Å²) in [6.07, 6.45) is -2.68. The lowest BCUT2D eigenvalue weighted by molar-refractivity contribution is -0.138. The molecule has 0 atom stereocenters. The van der Waals surface area contributed by atoms with Crippen molar-refractivity contribution in [2.45, 2.75) is 32.9 Å². The summed E-state index contributed by atoms with van der Waals surface area (Å²) in [6.45, 7) is 4.60. The molecule has 0 unspecified atom stereocenters. The number of nitrogens with one attached hydrogen (secondary N) is 2. The molecule has 4 nitrogen and oxygen atoms in total. The number of aromatic nitrogens is 1. The molecular formula is C14H17F3N2O2. The van der Waals surface area contributed by atoms with Crippen LogP contribution in [0.25, 0.3) is 0 Å². The zero-order valence-corrected chi connectivity index (χ0v) is 11.8. The first kappa shape index (κ1) is 15.6. The highest BCUT2D eigenvalue weighted by molar-refractivity contribution is 5.92. The summed E-state index contributed by atoms with van der Waals surface area (Å²) in [5, 5.41) is 2.68. The van der Waals surface area contributed by atoms with Crippen LogP contribution >= 0.6 is 0 Å². The molecule has 0 spiro atoms. The van der Waals surface area contributed by atoms with Crippen LogP contribution in [-0.4, -0.2) is 17.4 Å². The molecule has 2 rings (SSSR count). The summed E-state index contributed by atoms with van der Waals surface area (Å²) < 4.78 is 37.4. The molecule has 21 heavy (non-hydrogen) atoms. The maximum atomic E-state index is 12.5. The quantitative estimate of drug-likeness (QED) is 0.898. The van der Waals surface area contributed by atoms with Crippen molar-refractivity contribution in [2.24, 2.45) is 11.3 Å². The number of aromatic amines is 1. The summed E-state index contributed by atoms with van der Waals surface area (Å²) in [6, 6.07) is 1.61. The molecule has 1 aromatic rings. The first-order valence-corrected chi connectivity index (χ1v) is 6.74. The maximum Gasteiger partial charge on any atom is 0.421 e. The first-order valence-electron chi connectivity index (χ1n) is 6.74. The molecular weight excluding hydrogens is 285 g/mol. The zero-order chi connectivity index (χ0) is 15.8. The summed E-state index contributed by atoms with van der Waals surface area (Å²) >= 11 is 0. The maximum absolute atomic E-state index is 12.5. The van der Waals surface area contributed by atoms with Crippen molar-refractivity contribution in [3.05, 3.63) is 33.7 Å². The van der Waals surface area contributed by atoms with E-state index < -0.39 is 23.2 Å². The predicted molar refractivity (Wildman–Crippen MR) is 70.9 cm³/mol. The zero-order valence-electron chi connectivity index (χ0n) is 11.8. The van der Waals surface area contributed by atoms with Crippen LogP contribution in [0.2, 0.25) is 0 Å². The molecule has 0 aromatic carbocycles. The van der Waals surface area contributed by atoms with Crippen molar-refractivity contribution in [2.75, 3.05) is 6.54 Å². The van der Waals surface area contributed by atoms with Crippen LogP contribution in [0.4, 0.5) is 13.2 Å². The van der Waals surface area contributed by atoms with Gasteiger partial charge in [0.05, 0.1) is 0 Å². The van der Waals surface area contributed by atoms with Gasteiger partial charge in [0.15, 0.2) is 0 Å². The Bertz CT molecular complexity index is 601. The van der Waals surface area contributed by atoms with E-state index in [4.69, 9.17) is 0 Å². The van der Waals surface area contributed by atoms with E-state index in [2.05, 4.69) is 19.2 Å². The largest absolute Gasteiger partial charge is 0.421 e. The number of carbonyl (C=O) groups excluding carboxylic acids is 1. The van der Waals surface area contributed by atoms with Crippen molar-refractivity contribution in [1.29, 1.82) is 0 Å². The van der Waals surface area contributed by atoms with Gasteiger partial charge in [0.25, 0.3) is 11.5 Å². The van der Waals surface area contributed by atoms with Crippen molar-refractivity contribution < 1.29 is 18.0 Å². The lowest BCUT2D eigenvalue weighted by atomic mass is 9.92. The second-order valence-corrected chi connectivity index (χ2v) is 5.81. The van der Waals surface area contributed by atoms with Gasteiger partial charge >= 0.3 is 6.18 Å². The Kier molecular flexibility index (Phi) is 3.86. The molecule has 1 saturated carbocycles. The van der Waals surface area contributed by atoms with Crippen LogP contribution in [0, 0.1) is 11.3 Å². The molecule has 1 heterocycles. The Morgan fingerprint density at radius 1 is 1.38 bits per heavy atom. The second kappa shape index (κ2) is 5.20. The molecule has 1 amide bonds. The lowest BCUT2D eigenvalue weighted by Crippen LogP contribution is -2.34. The number of alkyl halides is 3. The fourth-order valence-corrected chi connectivity index (χ4v) is 2.30. The molecule has 0 bridgehead atoms. The van der Waals surface area contributed by atoms with Gasteiger partial charge in [-0.15, -0.1) is 0 Å². The minimum atomic E-state index is -4.72. The van der Waals surface area contributed by atoms with Gasteiger partial charge in [-0.1, -0.05) is 13.8 Å². The summed E-state index contributed by atoms with van der Waals surface area (Å²) in [5.41, 5.74) is -2.69. The summed E-state index contributed by atoms with van der Waals surface area (Å²) in [5.74, 6) is -0.141. The van der Waals surface area contributed by atoms with Gasteiger partial charge < -0.3 is 10.3 Å². The first-order chi connectivity index (χ1) is 9.66. The third-order valence-corrected chi connectivity index (χ3v) is 4.18. The molecule has 2 N–H and O–H groups in total. The highest BCUT2D eigenvalue weighted by atomic mass is 19.4. The van der Waals surface area contributed by atoms with Crippen LogP contribution < -0.4 is 10.9 Å². The molecule has 7 heteroatoms. The number of amides is 1. The number of halogens is 3. The van der Waals surface area contributed by atoms with Gasteiger partial charge in [-0.3, -0.25) is 9.59 Å². The Balaban J connectivity index is 2.07. The van der Waals surface area contributed by atoms with Crippen LogP contribution in [0.15, 0.2) is 16.9 Å². The number of carbonyl (C=O) groups is 1. The highest BCUT2D eigenvalue weighted by Gasteiger charge is 2.45. The molecule has 1 aliphatic rings. The fraction of sp³-hybridized carbons (Fsp3) is 0.571. The van der Waals surface area contributed by atoms with Crippen molar-refractivity contribution in [1.82, 2.24) is 10.3 Å². The SMILES string of the molecule is CC(C)C1(CNC(=O)c2ccc(C(F)(F)F)c(=O)[nH]2)CC1. The number of H-pyrrole nitrogens is 1. The van der Waals surface area contributed by atoms with E-state index in [0.717, 1.165) is 18.9 Å². The average molecular weight is 302 g/mol. The highest BCUT2D eigenvalue weighted by Crippen LogP contribution is 2.51. The molecule has 0 saturated heterocycles. The van der Waals surface area contributed by atoms with E-state index in [0.29, 0.717) is 18.5 Å². The van der Waals surface area contributed by atoms with E-state index in [-0.39, 0.29) is 11.1 Å². The Hall–Kier alpha value is -1.79. The average Bonchev–Trinajstić information content (AvgIpc) is 3.15. The monoisotopic (exact) mass is 302 g/mol. The standard InChI is InChI=1S/C14H17F3N2O2/c1-8(2)13(5-6-13)7-18-12(21)10-4-3-9(11(20)19-10)14(15,16)17/h3-4,8H,5-7H2,1-2H3,(H,18,21)(H,19,20). The van der Waals surface area contributed by atoms with Gasteiger partial charge in [-0.25, -0.2) is 0 Å². The third-order valence-electron chi connectivity index (χ3n) is 4.18. The predicted octanol–water partition coefficient (Wildman–Crippen LogP) is 2.56. The summed E-state index contributed by atoms with van der Waals surface area (Å²) in [4.78, 5) is 25.2. The van der Waals surface area contributed by atoms with Crippen LogP contribution in [0.3, 0.4) is 0 Å². The van der Waals surface area contributed by atoms with Gasteiger partial charge in [0.2, 0.25) is 0 Å². The lowest BCUT2D eigenvalue weighted by Gasteiger charge is -2.19. The Labute approximate surface area is 119 Å². The van der Waals surface area contributed by atoms with E-state index in [1.54, 1.807) is 0 Å². The van der Waals surface area contributed by atoms with Crippen LogP contribution in [0.1, 0.15) is 42.7 Å². The second-order valence-electron chi connectivity index (χ2n) is 5.81. The van der Waals surface area contributed by atoms with Gasteiger partial charge in [-0.2, -0.15) is 13.2 Å². The van der Waals surface area contributed by atoms with Crippen molar-refractivity contribution in [3.8, 4) is 0 Å². The topological polar surface area (TPSA) is 62.0 Å². The van der Waals surface area contributed by atoms with E-state index >= 15 is 0 Å². The fourth-order valence-electron chi connectivity index (χ4n) is 2.30. The normalized spacial score (nSPS) is 16.9. The number of hydrogen-bond donors (Lipinski definition) is 2. The third kappa shape index (κ3) is 3.28. The molecule has 116 valence electrons. The smallest absolute Gasteiger partial charge is 0.350 e. The van der Waals surface area contributed by atoms with Crippen molar-refractivity contribution in [3.63, 3.8) is 0 Å². The molecule has 0 aliphatic heterocycles. The molecule has 1 aromatic heterocycles. The Morgan fingerprint density at radius 3 is 2.43 bits per heavy atom. The number of rotatable bonds is 4. The Morgan fingerprint density at radius 2 is 2.00 bits per heavy atom. The van der Waals surface area contributed by atoms with Gasteiger partial charge in [0, 0.05) is 6.54 Å². The van der Waals surface area contributed by atoms with E-state index in [1.165, 1.54) is 0 Å². The summed E-state index contributed by atoms with van der Waals surface area (Å²) in [7, 11) is 0. The number of hydrogen-bond acceptors (Lipinski definition) is 2. The van der Waals surface area contributed by atoms with E-state index in [1.807, 2.05) is 4.98 Å². The molecule has 1 aliphatic carbocycles. The minimum absolute atomic E-state index is 0.0852. The van der Waals surface area contributed by atoms with Crippen LogP contribution in [0.5, 0.6) is 0 Å².